The van der Waals surface area contributed by atoms with Gasteiger partial charge in [0.1, 0.15) is 0 Å². The molecule has 1 N–H and O–H groups in total. The third-order valence-corrected chi connectivity index (χ3v) is 5.20. The molecular formula is C21H25ClN2O2. The van der Waals surface area contributed by atoms with Crippen molar-refractivity contribution in [1.29, 1.82) is 0 Å². The minimum absolute atomic E-state index is 0.139. The molecule has 0 bridgehead atoms. The SMILES string of the molecule is O=C(C(c1ccccc1)c1ccccc1)N1CCN(C[C@H](O)CCl)CC1. The Balaban J connectivity index is 1.73. The lowest BCUT2D eigenvalue weighted by Gasteiger charge is -2.37. The Bertz CT molecular complexity index is 648. The molecule has 0 spiro atoms. The summed E-state index contributed by atoms with van der Waals surface area (Å²) in [5.41, 5.74) is 2.03. The Morgan fingerprint density at radius 3 is 1.88 bits per heavy atom. The minimum Gasteiger partial charge on any atom is -0.391 e. The molecule has 1 aliphatic rings. The number of carbonyl (C=O) groups excluding carboxylic acids is 1. The minimum atomic E-state index is -0.514. The molecule has 3 rings (SSSR count). The summed E-state index contributed by atoms with van der Waals surface area (Å²) < 4.78 is 0. The van der Waals surface area contributed by atoms with E-state index in [1.807, 2.05) is 65.6 Å². The first-order valence-corrected chi connectivity index (χ1v) is 9.57. The highest BCUT2D eigenvalue weighted by Crippen LogP contribution is 2.27. The van der Waals surface area contributed by atoms with Gasteiger partial charge >= 0.3 is 0 Å². The van der Waals surface area contributed by atoms with Crippen LogP contribution in [-0.2, 0) is 4.79 Å². The molecule has 0 unspecified atom stereocenters. The van der Waals surface area contributed by atoms with Crippen molar-refractivity contribution < 1.29 is 9.90 Å². The van der Waals surface area contributed by atoms with Crippen LogP contribution in [0.3, 0.4) is 0 Å². The average molecular weight is 373 g/mol. The number of hydrogen-bond donors (Lipinski definition) is 1. The Morgan fingerprint density at radius 2 is 1.42 bits per heavy atom. The van der Waals surface area contributed by atoms with Crippen molar-refractivity contribution in [2.75, 3.05) is 38.6 Å². The Hall–Kier alpha value is -1.88. The number of rotatable bonds is 6. The average Bonchev–Trinajstić information content (AvgIpc) is 2.70. The molecule has 1 saturated heterocycles. The number of hydrogen-bond acceptors (Lipinski definition) is 3. The fourth-order valence-electron chi connectivity index (χ4n) is 3.45. The van der Waals surface area contributed by atoms with E-state index in [2.05, 4.69) is 4.90 Å². The van der Waals surface area contributed by atoms with E-state index in [-0.39, 0.29) is 17.7 Å². The number of amides is 1. The molecule has 0 aliphatic carbocycles. The molecule has 0 saturated carbocycles. The molecule has 1 atom stereocenters. The number of halogens is 1. The number of β-amino-alcohol motifs (C(OH)–C–C–N with tert-alkyl or cyclic N) is 1. The lowest BCUT2D eigenvalue weighted by Crippen LogP contribution is -2.51. The summed E-state index contributed by atoms with van der Waals surface area (Å²) in [4.78, 5) is 17.4. The highest BCUT2D eigenvalue weighted by Gasteiger charge is 2.30. The molecular weight excluding hydrogens is 348 g/mol. The predicted octanol–water partition coefficient (Wildman–Crippen LogP) is 2.56. The number of benzene rings is 2. The standard InChI is InChI=1S/C21H25ClN2O2/c22-15-19(25)16-23-11-13-24(14-12-23)21(26)20(17-7-3-1-4-8-17)18-9-5-2-6-10-18/h1-10,19-20,25H,11-16H2/t19-/m1/s1. The first-order chi connectivity index (χ1) is 12.7. The summed E-state index contributed by atoms with van der Waals surface area (Å²) in [6.07, 6.45) is -0.514. The topological polar surface area (TPSA) is 43.8 Å². The summed E-state index contributed by atoms with van der Waals surface area (Å²) in [5.74, 6) is 0.0980. The molecule has 1 heterocycles. The van der Waals surface area contributed by atoms with Crippen LogP contribution < -0.4 is 0 Å². The molecule has 2 aromatic carbocycles. The normalized spacial score (nSPS) is 16.7. The van der Waals surface area contributed by atoms with E-state index in [0.29, 0.717) is 19.6 Å². The molecule has 1 amide bonds. The summed E-state index contributed by atoms with van der Waals surface area (Å²) in [5, 5.41) is 9.72. The van der Waals surface area contributed by atoms with Crippen molar-refractivity contribution >= 4 is 17.5 Å². The number of alkyl halides is 1. The van der Waals surface area contributed by atoms with Crippen molar-refractivity contribution in [3.05, 3.63) is 71.8 Å². The number of nitrogens with zero attached hydrogens (tertiary/aromatic N) is 2. The van der Waals surface area contributed by atoms with E-state index in [4.69, 9.17) is 11.6 Å². The van der Waals surface area contributed by atoms with Crippen LogP contribution in [0.2, 0.25) is 0 Å². The maximum absolute atomic E-state index is 13.3. The van der Waals surface area contributed by atoms with Gasteiger partial charge in [0.05, 0.1) is 12.0 Å². The molecule has 138 valence electrons. The van der Waals surface area contributed by atoms with Crippen LogP contribution >= 0.6 is 11.6 Å². The fourth-order valence-corrected chi connectivity index (χ4v) is 3.55. The first kappa shape index (κ1) is 18.9. The van der Waals surface area contributed by atoms with E-state index in [0.717, 1.165) is 24.2 Å². The molecule has 5 heteroatoms. The third-order valence-electron chi connectivity index (χ3n) is 4.84. The quantitative estimate of drug-likeness (QED) is 0.792. The first-order valence-electron chi connectivity index (χ1n) is 9.04. The monoisotopic (exact) mass is 372 g/mol. The van der Waals surface area contributed by atoms with Crippen molar-refractivity contribution in [3.63, 3.8) is 0 Å². The predicted molar refractivity (Wildman–Crippen MR) is 104 cm³/mol. The lowest BCUT2D eigenvalue weighted by atomic mass is 9.90. The van der Waals surface area contributed by atoms with Gasteiger partial charge in [-0.2, -0.15) is 0 Å². The van der Waals surface area contributed by atoms with E-state index in [9.17, 15) is 9.90 Å². The molecule has 0 aromatic heterocycles. The van der Waals surface area contributed by atoms with E-state index < -0.39 is 6.10 Å². The van der Waals surface area contributed by atoms with Crippen LogP contribution in [0, 0.1) is 0 Å². The van der Waals surface area contributed by atoms with Gasteiger partial charge in [-0.25, -0.2) is 0 Å². The highest BCUT2D eigenvalue weighted by molar-refractivity contribution is 6.18. The maximum Gasteiger partial charge on any atom is 0.234 e. The second kappa shape index (κ2) is 9.17. The maximum atomic E-state index is 13.3. The Kier molecular flexibility index (Phi) is 6.67. The third kappa shape index (κ3) is 4.64. The van der Waals surface area contributed by atoms with Crippen LogP contribution in [0.5, 0.6) is 0 Å². The smallest absolute Gasteiger partial charge is 0.234 e. The summed E-state index contributed by atoms with van der Waals surface area (Å²) >= 11 is 5.69. The number of piperazine rings is 1. The number of aliphatic hydroxyl groups excluding tert-OH is 1. The highest BCUT2D eigenvalue weighted by atomic mass is 35.5. The van der Waals surface area contributed by atoms with E-state index in [1.54, 1.807) is 0 Å². The van der Waals surface area contributed by atoms with Gasteiger partial charge in [0, 0.05) is 38.6 Å². The zero-order valence-corrected chi connectivity index (χ0v) is 15.6. The van der Waals surface area contributed by atoms with Crippen molar-refractivity contribution in [2.45, 2.75) is 12.0 Å². The van der Waals surface area contributed by atoms with Gasteiger partial charge in [0.25, 0.3) is 0 Å². The Morgan fingerprint density at radius 1 is 0.923 bits per heavy atom. The van der Waals surface area contributed by atoms with Gasteiger partial charge in [-0.05, 0) is 11.1 Å². The fraction of sp³-hybridized carbons (Fsp3) is 0.381. The van der Waals surface area contributed by atoms with Crippen LogP contribution in [0.25, 0.3) is 0 Å². The van der Waals surface area contributed by atoms with Crippen molar-refractivity contribution in [3.8, 4) is 0 Å². The second-order valence-corrected chi connectivity index (χ2v) is 7.00. The van der Waals surface area contributed by atoms with Gasteiger partial charge in [0.2, 0.25) is 5.91 Å². The van der Waals surface area contributed by atoms with Gasteiger partial charge in [0.15, 0.2) is 0 Å². The molecule has 0 radical (unpaired) electrons. The molecule has 2 aromatic rings. The largest absolute Gasteiger partial charge is 0.391 e. The van der Waals surface area contributed by atoms with Crippen molar-refractivity contribution in [1.82, 2.24) is 9.80 Å². The van der Waals surface area contributed by atoms with Crippen LogP contribution in [-0.4, -0.2) is 65.5 Å². The molecule has 26 heavy (non-hydrogen) atoms. The Labute approximate surface area is 160 Å². The summed E-state index contributed by atoms with van der Waals surface area (Å²) in [6.45, 7) is 3.42. The zero-order valence-electron chi connectivity index (χ0n) is 14.8. The van der Waals surface area contributed by atoms with Crippen LogP contribution in [0.1, 0.15) is 17.0 Å². The zero-order chi connectivity index (χ0) is 18.4. The number of carbonyl (C=O) groups is 1. The van der Waals surface area contributed by atoms with Crippen LogP contribution in [0.4, 0.5) is 0 Å². The van der Waals surface area contributed by atoms with Crippen LogP contribution in [0.15, 0.2) is 60.7 Å². The van der Waals surface area contributed by atoms with E-state index in [1.165, 1.54) is 0 Å². The molecule has 1 fully saturated rings. The second-order valence-electron chi connectivity index (χ2n) is 6.69. The molecule has 4 nitrogen and oxygen atoms in total. The molecule has 1 aliphatic heterocycles. The number of aliphatic hydroxyl groups is 1. The van der Waals surface area contributed by atoms with Gasteiger partial charge in [-0.3, -0.25) is 9.69 Å². The van der Waals surface area contributed by atoms with Gasteiger partial charge in [-0.1, -0.05) is 60.7 Å². The summed E-state index contributed by atoms with van der Waals surface area (Å²) in [7, 11) is 0. The lowest BCUT2D eigenvalue weighted by molar-refractivity contribution is -0.133. The van der Waals surface area contributed by atoms with Gasteiger partial charge < -0.3 is 10.0 Å². The van der Waals surface area contributed by atoms with E-state index >= 15 is 0 Å². The summed E-state index contributed by atoms with van der Waals surface area (Å²) in [6, 6.07) is 19.9. The van der Waals surface area contributed by atoms with Crippen molar-refractivity contribution in [2.24, 2.45) is 0 Å². The van der Waals surface area contributed by atoms with Gasteiger partial charge in [-0.15, -0.1) is 11.6 Å².